The largest absolute Gasteiger partial charge is 0.343 e. The van der Waals surface area contributed by atoms with Gasteiger partial charge in [-0.1, -0.05) is 24.3 Å². The minimum absolute atomic E-state index is 0.0578. The summed E-state index contributed by atoms with van der Waals surface area (Å²) in [6.07, 6.45) is 1.74. The van der Waals surface area contributed by atoms with Crippen LogP contribution < -0.4 is 5.32 Å². The van der Waals surface area contributed by atoms with Gasteiger partial charge in [-0.15, -0.1) is 0 Å². The summed E-state index contributed by atoms with van der Waals surface area (Å²) in [5.74, 6) is -0.178. The number of fused-ring (bicyclic) bond motifs is 1. The zero-order valence-electron chi connectivity index (χ0n) is 11.2. The van der Waals surface area contributed by atoms with Crippen LogP contribution in [0.15, 0.2) is 36.5 Å². The fraction of sp³-hybridized carbons (Fsp3) is 0.267. The first-order chi connectivity index (χ1) is 9.65. The van der Waals surface area contributed by atoms with Gasteiger partial charge in [-0.3, -0.25) is 14.6 Å². The van der Waals surface area contributed by atoms with Gasteiger partial charge in [-0.05, 0) is 18.6 Å². The zero-order chi connectivity index (χ0) is 14.1. The molecule has 5 heteroatoms. The molecule has 1 fully saturated rings. The van der Waals surface area contributed by atoms with Gasteiger partial charge in [0.15, 0.2) is 0 Å². The van der Waals surface area contributed by atoms with Gasteiger partial charge in [0.05, 0.1) is 12.1 Å². The number of carbonyl (C=O) groups excluding carboxylic acids is 2. The lowest BCUT2D eigenvalue weighted by Crippen LogP contribution is -2.56. The van der Waals surface area contributed by atoms with Crippen molar-refractivity contribution < 1.29 is 9.59 Å². The third-order valence-corrected chi connectivity index (χ3v) is 3.47. The molecule has 2 heterocycles. The number of nitrogens with zero attached hydrogens (tertiary/aromatic N) is 2. The van der Waals surface area contributed by atoms with Crippen molar-refractivity contribution in [2.24, 2.45) is 0 Å². The molecule has 1 saturated heterocycles. The van der Waals surface area contributed by atoms with E-state index in [0.717, 1.165) is 16.5 Å². The van der Waals surface area contributed by atoms with Crippen LogP contribution in [0.2, 0.25) is 0 Å². The summed E-state index contributed by atoms with van der Waals surface area (Å²) in [5.41, 5.74) is 1.83. The van der Waals surface area contributed by atoms with E-state index < -0.39 is 6.04 Å². The Morgan fingerprint density at radius 3 is 2.95 bits per heavy atom. The molecule has 0 spiro atoms. The molecule has 1 aliphatic heterocycles. The number of amides is 2. The average molecular weight is 269 g/mol. The average Bonchev–Trinajstić information content (AvgIpc) is 2.44. The second-order valence-corrected chi connectivity index (χ2v) is 4.98. The maximum absolute atomic E-state index is 12.1. The van der Waals surface area contributed by atoms with E-state index in [1.807, 2.05) is 30.3 Å². The number of rotatable bonds is 2. The van der Waals surface area contributed by atoms with Crippen molar-refractivity contribution in [3.63, 3.8) is 0 Å². The van der Waals surface area contributed by atoms with Gasteiger partial charge < -0.3 is 10.2 Å². The highest BCUT2D eigenvalue weighted by Crippen LogP contribution is 2.18. The Hall–Kier alpha value is -2.43. The highest BCUT2D eigenvalue weighted by atomic mass is 16.2. The molecule has 1 aromatic carbocycles. The van der Waals surface area contributed by atoms with Crippen LogP contribution >= 0.6 is 0 Å². The number of hydrogen-bond donors (Lipinski definition) is 1. The zero-order valence-corrected chi connectivity index (χ0v) is 11.2. The number of pyridine rings is 1. The summed E-state index contributed by atoms with van der Waals surface area (Å²) in [6.45, 7) is 2.21. The van der Waals surface area contributed by atoms with Gasteiger partial charge >= 0.3 is 0 Å². The normalized spacial score (nSPS) is 19.2. The predicted octanol–water partition coefficient (Wildman–Crippen LogP) is 1.08. The van der Waals surface area contributed by atoms with E-state index in [9.17, 15) is 9.59 Å². The number of benzene rings is 1. The van der Waals surface area contributed by atoms with Crippen molar-refractivity contribution in [3.05, 3.63) is 42.1 Å². The third-order valence-electron chi connectivity index (χ3n) is 3.47. The Bertz CT molecular complexity index is 678. The highest BCUT2D eigenvalue weighted by Gasteiger charge is 2.29. The quantitative estimate of drug-likeness (QED) is 0.887. The van der Waals surface area contributed by atoms with Gasteiger partial charge in [-0.25, -0.2) is 0 Å². The van der Waals surface area contributed by atoms with E-state index in [1.54, 1.807) is 18.0 Å². The van der Waals surface area contributed by atoms with E-state index in [2.05, 4.69) is 10.3 Å². The predicted molar refractivity (Wildman–Crippen MR) is 74.8 cm³/mol. The van der Waals surface area contributed by atoms with Crippen LogP contribution in [0.3, 0.4) is 0 Å². The van der Waals surface area contributed by atoms with Crippen LogP contribution in [0.25, 0.3) is 10.9 Å². The summed E-state index contributed by atoms with van der Waals surface area (Å²) in [7, 11) is 0. The minimum Gasteiger partial charge on any atom is -0.343 e. The van der Waals surface area contributed by atoms with Gasteiger partial charge in [0.1, 0.15) is 6.04 Å². The smallest absolute Gasteiger partial charge is 0.245 e. The van der Waals surface area contributed by atoms with Crippen molar-refractivity contribution in [2.75, 3.05) is 6.54 Å². The van der Waals surface area contributed by atoms with Crippen molar-refractivity contribution in [3.8, 4) is 0 Å². The number of para-hydroxylation sites is 1. The first-order valence-corrected chi connectivity index (χ1v) is 6.56. The Morgan fingerprint density at radius 2 is 2.10 bits per heavy atom. The molecular formula is C15H15N3O2. The molecule has 3 rings (SSSR count). The van der Waals surface area contributed by atoms with Crippen LogP contribution in [-0.4, -0.2) is 34.3 Å². The first kappa shape index (κ1) is 12.6. The number of carbonyl (C=O) groups is 2. The Balaban J connectivity index is 1.93. The standard InChI is InChI=1S/C15H15N3O2/c1-10-15(20)18(9-13(19)17-10)8-12-5-2-4-11-6-3-7-16-14(11)12/h2-7,10H,8-9H2,1H3,(H,17,19). The van der Waals surface area contributed by atoms with Crippen LogP contribution in [0, 0.1) is 0 Å². The molecule has 20 heavy (non-hydrogen) atoms. The van der Waals surface area contributed by atoms with Gasteiger partial charge in [0, 0.05) is 18.1 Å². The maximum Gasteiger partial charge on any atom is 0.245 e. The van der Waals surface area contributed by atoms with Crippen LogP contribution in [0.1, 0.15) is 12.5 Å². The molecule has 1 aliphatic rings. The van der Waals surface area contributed by atoms with Crippen molar-refractivity contribution >= 4 is 22.7 Å². The lowest BCUT2D eigenvalue weighted by atomic mass is 10.1. The molecule has 2 aromatic rings. The van der Waals surface area contributed by atoms with Crippen molar-refractivity contribution in [1.29, 1.82) is 0 Å². The summed E-state index contributed by atoms with van der Waals surface area (Å²) >= 11 is 0. The van der Waals surface area contributed by atoms with Crippen molar-refractivity contribution in [1.82, 2.24) is 15.2 Å². The fourth-order valence-electron chi connectivity index (χ4n) is 2.51. The Morgan fingerprint density at radius 1 is 1.30 bits per heavy atom. The van der Waals surface area contributed by atoms with E-state index in [0.29, 0.717) is 6.54 Å². The van der Waals surface area contributed by atoms with Gasteiger partial charge in [-0.2, -0.15) is 0 Å². The molecule has 1 atom stereocenters. The molecule has 102 valence electrons. The molecule has 0 saturated carbocycles. The first-order valence-electron chi connectivity index (χ1n) is 6.56. The molecule has 0 radical (unpaired) electrons. The third kappa shape index (κ3) is 2.22. The van der Waals surface area contributed by atoms with Gasteiger partial charge in [0.25, 0.3) is 0 Å². The maximum atomic E-state index is 12.1. The van der Waals surface area contributed by atoms with Crippen LogP contribution in [0.5, 0.6) is 0 Å². The van der Waals surface area contributed by atoms with E-state index >= 15 is 0 Å². The molecule has 1 unspecified atom stereocenters. The van der Waals surface area contributed by atoms with Crippen LogP contribution in [0.4, 0.5) is 0 Å². The topological polar surface area (TPSA) is 62.3 Å². The van der Waals surface area contributed by atoms with Crippen molar-refractivity contribution in [2.45, 2.75) is 19.5 Å². The van der Waals surface area contributed by atoms with E-state index in [-0.39, 0.29) is 18.4 Å². The van der Waals surface area contributed by atoms with E-state index in [4.69, 9.17) is 0 Å². The lowest BCUT2D eigenvalue weighted by Gasteiger charge is -2.31. The molecule has 1 N–H and O–H groups in total. The second-order valence-electron chi connectivity index (χ2n) is 4.98. The summed E-state index contributed by atoms with van der Waals surface area (Å²) in [4.78, 5) is 29.6. The van der Waals surface area contributed by atoms with Crippen LogP contribution in [-0.2, 0) is 16.1 Å². The number of piperazine rings is 1. The SMILES string of the molecule is CC1NC(=O)CN(Cc2cccc3cccnc23)C1=O. The summed E-state index contributed by atoms with van der Waals surface area (Å²) in [6, 6.07) is 9.28. The lowest BCUT2D eigenvalue weighted by molar-refractivity contribution is -0.144. The highest BCUT2D eigenvalue weighted by molar-refractivity contribution is 5.94. The molecule has 0 aliphatic carbocycles. The monoisotopic (exact) mass is 269 g/mol. The Labute approximate surface area is 116 Å². The molecule has 0 bridgehead atoms. The molecule has 1 aromatic heterocycles. The Kier molecular flexibility index (Phi) is 3.10. The molecule has 2 amide bonds. The second kappa shape index (κ2) is 4.92. The number of hydrogen-bond acceptors (Lipinski definition) is 3. The van der Waals surface area contributed by atoms with Gasteiger partial charge in [0.2, 0.25) is 11.8 Å². The minimum atomic E-state index is -0.459. The summed E-state index contributed by atoms with van der Waals surface area (Å²) in [5, 5.41) is 3.67. The van der Waals surface area contributed by atoms with E-state index in [1.165, 1.54) is 0 Å². The number of nitrogens with one attached hydrogen (secondary N) is 1. The number of aromatic nitrogens is 1. The molecular weight excluding hydrogens is 254 g/mol. The fourth-order valence-corrected chi connectivity index (χ4v) is 2.51. The summed E-state index contributed by atoms with van der Waals surface area (Å²) < 4.78 is 0. The molecule has 5 nitrogen and oxygen atoms in total.